The van der Waals surface area contributed by atoms with E-state index in [-0.39, 0.29) is 29.1 Å². The lowest BCUT2D eigenvalue weighted by atomic mass is 10.1. The average molecular weight is 491 g/mol. The van der Waals surface area contributed by atoms with Crippen LogP contribution in [0.15, 0.2) is 47.4 Å². The second-order valence-electron chi connectivity index (χ2n) is 7.92. The van der Waals surface area contributed by atoms with Gasteiger partial charge in [-0.15, -0.1) is 0 Å². The van der Waals surface area contributed by atoms with Crippen LogP contribution < -0.4 is 5.32 Å². The number of para-hydroxylation sites is 1. The summed E-state index contributed by atoms with van der Waals surface area (Å²) in [5.74, 6) is -2.34. The molecule has 2 atom stereocenters. The number of nitrogens with one attached hydrogen (secondary N) is 1. The monoisotopic (exact) mass is 490 g/mol. The van der Waals surface area contributed by atoms with Crippen molar-refractivity contribution >= 4 is 33.6 Å². The van der Waals surface area contributed by atoms with Gasteiger partial charge in [-0.3, -0.25) is 9.59 Å². The number of aliphatic hydroxyl groups excluding tert-OH is 1. The number of sulfonamides is 1. The molecule has 1 aliphatic heterocycles. The highest BCUT2D eigenvalue weighted by molar-refractivity contribution is 7.89. The number of anilines is 1. The van der Waals surface area contributed by atoms with Crippen LogP contribution >= 0.6 is 0 Å². The van der Waals surface area contributed by atoms with Gasteiger partial charge in [0.25, 0.3) is 5.91 Å². The summed E-state index contributed by atoms with van der Waals surface area (Å²) in [6.07, 6.45) is -1.21. The van der Waals surface area contributed by atoms with Crippen LogP contribution in [-0.2, 0) is 29.1 Å². The van der Waals surface area contributed by atoms with Gasteiger partial charge in [-0.1, -0.05) is 18.2 Å². The lowest BCUT2D eigenvalue weighted by Crippen LogP contribution is -2.42. The number of amides is 1. The van der Waals surface area contributed by atoms with Crippen molar-refractivity contribution in [1.29, 1.82) is 0 Å². The second-order valence-corrected chi connectivity index (χ2v) is 9.81. The van der Waals surface area contributed by atoms with Crippen molar-refractivity contribution in [3.63, 3.8) is 0 Å². The molecule has 10 nitrogen and oxygen atoms in total. The molecular formula is C23H26N2O8S. The highest BCUT2D eigenvalue weighted by Crippen LogP contribution is 2.28. The van der Waals surface area contributed by atoms with Gasteiger partial charge < -0.3 is 19.9 Å². The number of carbonyl (C=O) groups excluding carboxylic acids is 3. The number of benzene rings is 2. The first-order chi connectivity index (χ1) is 16.0. The van der Waals surface area contributed by atoms with Crippen LogP contribution in [0.1, 0.15) is 27.9 Å². The van der Waals surface area contributed by atoms with Gasteiger partial charge in [0.1, 0.15) is 6.04 Å². The number of nitrogens with zero attached hydrogens (tertiary/aromatic N) is 1. The molecule has 1 aliphatic rings. The molecule has 0 bridgehead atoms. The van der Waals surface area contributed by atoms with Crippen molar-refractivity contribution in [2.24, 2.45) is 0 Å². The van der Waals surface area contributed by atoms with Crippen molar-refractivity contribution in [3.8, 4) is 0 Å². The minimum Gasteiger partial charge on any atom is -0.465 e. The van der Waals surface area contributed by atoms with Gasteiger partial charge in [0, 0.05) is 13.0 Å². The third kappa shape index (κ3) is 5.44. The van der Waals surface area contributed by atoms with Gasteiger partial charge in [0.05, 0.1) is 29.4 Å². The van der Waals surface area contributed by atoms with E-state index in [4.69, 9.17) is 4.74 Å². The summed E-state index contributed by atoms with van der Waals surface area (Å²) in [5.41, 5.74) is 1.97. The molecule has 3 rings (SSSR count). The number of aryl methyl sites for hydroxylation is 2. The molecule has 182 valence electrons. The molecule has 0 aromatic heterocycles. The fourth-order valence-electron chi connectivity index (χ4n) is 3.57. The maximum Gasteiger partial charge on any atom is 0.339 e. The van der Waals surface area contributed by atoms with Crippen molar-refractivity contribution < 1.29 is 37.4 Å². The average Bonchev–Trinajstić information content (AvgIpc) is 3.21. The molecule has 34 heavy (non-hydrogen) atoms. The van der Waals surface area contributed by atoms with Crippen LogP contribution in [0.5, 0.6) is 0 Å². The Balaban J connectivity index is 1.70. The minimum atomic E-state index is -4.09. The molecule has 0 aliphatic carbocycles. The number of esters is 2. The zero-order chi connectivity index (χ0) is 25.0. The number of carbonyl (C=O) groups is 3. The molecule has 1 heterocycles. The van der Waals surface area contributed by atoms with Crippen LogP contribution in [0, 0.1) is 13.8 Å². The summed E-state index contributed by atoms with van der Waals surface area (Å²) in [6, 6.07) is 9.47. The predicted octanol–water partition coefficient (Wildman–Crippen LogP) is 1.40. The van der Waals surface area contributed by atoms with E-state index in [1.807, 2.05) is 6.92 Å². The van der Waals surface area contributed by atoms with Crippen molar-refractivity contribution in [3.05, 3.63) is 59.2 Å². The van der Waals surface area contributed by atoms with Gasteiger partial charge in [0.15, 0.2) is 6.61 Å². The van der Waals surface area contributed by atoms with E-state index in [1.165, 1.54) is 31.4 Å². The van der Waals surface area contributed by atoms with E-state index < -0.39 is 46.6 Å². The molecule has 0 spiro atoms. The SMILES string of the molecule is COC(=O)c1ccccc1NC(=O)COC(=O)C1CC(O)CN1S(=O)(=O)c1ccc(C)c(C)c1. The third-order valence-corrected chi connectivity index (χ3v) is 7.41. The van der Waals surface area contributed by atoms with E-state index in [0.29, 0.717) is 0 Å². The minimum absolute atomic E-state index is 0.000315. The molecule has 2 aromatic rings. The number of methoxy groups -OCH3 is 1. The van der Waals surface area contributed by atoms with Crippen LogP contribution in [0.2, 0.25) is 0 Å². The Morgan fingerprint density at radius 2 is 1.82 bits per heavy atom. The lowest BCUT2D eigenvalue weighted by Gasteiger charge is -2.22. The van der Waals surface area contributed by atoms with E-state index in [0.717, 1.165) is 15.4 Å². The molecule has 11 heteroatoms. The maximum absolute atomic E-state index is 13.2. The zero-order valence-corrected chi connectivity index (χ0v) is 19.8. The summed E-state index contributed by atoms with van der Waals surface area (Å²) < 4.78 is 36.9. The smallest absolute Gasteiger partial charge is 0.339 e. The molecule has 0 saturated carbocycles. The third-order valence-electron chi connectivity index (χ3n) is 5.54. The van der Waals surface area contributed by atoms with E-state index >= 15 is 0 Å². The zero-order valence-electron chi connectivity index (χ0n) is 19.0. The number of hydrogen-bond acceptors (Lipinski definition) is 8. The summed E-state index contributed by atoms with van der Waals surface area (Å²) in [7, 11) is -2.88. The normalized spacial score (nSPS) is 18.4. The van der Waals surface area contributed by atoms with E-state index in [1.54, 1.807) is 25.1 Å². The number of rotatable bonds is 7. The van der Waals surface area contributed by atoms with E-state index in [9.17, 15) is 27.9 Å². The van der Waals surface area contributed by atoms with Crippen LogP contribution in [-0.4, -0.2) is 68.1 Å². The van der Waals surface area contributed by atoms with Crippen LogP contribution in [0.25, 0.3) is 0 Å². The van der Waals surface area contributed by atoms with Gasteiger partial charge in [-0.25, -0.2) is 13.2 Å². The molecule has 1 amide bonds. The molecule has 0 radical (unpaired) electrons. The van der Waals surface area contributed by atoms with Gasteiger partial charge in [-0.2, -0.15) is 4.31 Å². The molecule has 2 aromatic carbocycles. The topological polar surface area (TPSA) is 139 Å². The Morgan fingerprint density at radius 3 is 2.50 bits per heavy atom. The molecule has 1 fully saturated rings. The number of β-amino-alcohol motifs (C(OH)–C–C–N with tert-alkyl or cyclic N) is 1. The summed E-state index contributed by atoms with van der Waals surface area (Å²) in [6.45, 7) is 2.64. The highest BCUT2D eigenvalue weighted by atomic mass is 32.2. The fourth-order valence-corrected chi connectivity index (χ4v) is 5.29. The molecule has 1 saturated heterocycles. The Morgan fingerprint density at radius 1 is 1.12 bits per heavy atom. The lowest BCUT2D eigenvalue weighted by molar-refractivity contribution is -0.150. The Labute approximate surface area is 197 Å². The number of ether oxygens (including phenoxy) is 2. The Kier molecular flexibility index (Phi) is 7.70. The number of hydrogen-bond donors (Lipinski definition) is 2. The quantitative estimate of drug-likeness (QED) is 0.555. The highest BCUT2D eigenvalue weighted by Gasteiger charge is 2.44. The molecule has 2 N–H and O–H groups in total. The summed E-state index contributed by atoms with van der Waals surface area (Å²) in [5, 5.41) is 12.5. The largest absolute Gasteiger partial charge is 0.465 e. The van der Waals surface area contributed by atoms with Crippen LogP contribution in [0.3, 0.4) is 0 Å². The van der Waals surface area contributed by atoms with Crippen molar-refractivity contribution in [2.75, 3.05) is 25.6 Å². The Bertz CT molecular complexity index is 1210. The van der Waals surface area contributed by atoms with Crippen LogP contribution in [0.4, 0.5) is 5.69 Å². The van der Waals surface area contributed by atoms with Gasteiger partial charge >= 0.3 is 11.9 Å². The van der Waals surface area contributed by atoms with E-state index in [2.05, 4.69) is 10.1 Å². The Hall–Kier alpha value is -3.28. The maximum atomic E-state index is 13.2. The molecule has 2 unspecified atom stereocenters. The van der Waals surface area contributed by atoms with Gasteiger partial charge in [0.2, 0.25) is 10.0 Å². The summed E-state index contributed by atoms with van der Waals surface area (Å²) in [4.78, 5) is 36.8. The fraction of sp³-hybridized carbons (Fsp3) is 0.348. The van der Waals surface area contributed by atoms with Gasteiger partial charge in [-0.05, 0) is 49.2 Å². The molecular weight excluding hydrogens is 464 g/mol. The predicted molar refractivity (Wildman–Crippen MR) is 122 cm³/mol. The first kappa shape index (κ1) is 25.3. The van der Waals surface area contributed by atoms with Crippen molar-refractivity contribution in [2.45, 2.75) is 37.3 Å². The summed E-state index contributed by atoms with van der Waals surface area (Å²) >= 11 is 0. The number of aliphatic hydroxyl groups is 1. The second kappa shape index (κ2) is 10.3. The standard InChI is InChI=1S/C23H26N2O8S/c1-14-8-9-17(10-15(14)2)34(30,31)25-12-16(26)11-20(25)23(29)33-13-21(27)24-19-7-5-4-6-18(19)22(28)32-3/h4-10,16,20,26H,11-13H2,1-3H3,(H,24,27). The first-order valence-corrected chi connectivity index (χ1v) is 11.9. The van der Waals surface area contributed by atoms with Crippen molar-refractivity contribution in [1.82, 2.24) is 4.31 Å². The first-order valence-electron chi connectivity index (χ1n) is 10.5.